The molecule has 0 amide bonds. The van der Waals surface area contributed by atoms with Gasteiger partial charge in [-0.2, -0.15) is 0 Å². The lowest BCUT2D eigenvalue weighted by molar-refractivity contribution is 0.0643. The van der Waals surface area contributed by atoms with Crippen molar-refractivity contribution in [2.45, 2.75) is 32.1 Å². The maximum absolute atomic E-state index is 9.74. The van der Waals surface area contributed by atoms with Crippen LogP contribution < -0.4 is 10.1 Å². The molecule has 0 bridgehead atoms. The molecule has 5 nitrogen and oxygen atoms in total. The van der Waals surface area contributed by atoms with Gasteiger partial charge in [-0.3, -0.25) is 0 Å². The summed E-state index contributed by atoms with van der Waals surface area (Å²) in [5.74, 6) is 0.668. The minimum absolute atomic E-state index is 0.236. The largest absolute Gasteiger partial charge is 0.491 e. The zero-order chi connectivity index (χ0) is 15.0. The Balaban J connectivity index is 2.37. The Morgan fingerprint density at radius 2 is 1.75 bits per heavy atom. The van der Waals surface area contributed by atoms with Gasteiger partial charge in [-0.1, -0.05) is 26.0 Å². The van der Waals surface area contributed by atoms with Crippen LogP contribution in [0.1, 0.15) is 25.5 Å². The molecular weight excluding hydrogens is 258 g/mol. The van der Waals surface area contributed by atoms with Crippen molar-refractivity contribution >= 4 is 0 Å². The van der Waals surface area contributed by atoms with Crippen molar-refractivity contribution in [3.8, 4) is 5.75 Å². The maximum atomic E-state index is 9.74. The van der Waals surface area contributed by atoms with Gasteiger partial charge in [0.2, 0.25) is 0 Å². The maximum Gasteiger partial charge on any atom is 0.119 e. The summed E-state index contributed by atoms with van der Waals surface area (Å²) in [6, 6.07) is 7.47. The molecule has 2 atom stereocenters. The van der Waals surface area contributed by atoms with Crippen LogP contribution in [-0.4, -0.2) is 49.2 Å². The van der Waals surface area contributed by atoms with Crippen LogP contribution in [0.2, 0.25) is 0 Å². The van der Waals surface area contributed by atoms with Crippen molar-refractivity contribution in [2.75, 3.05) is 26.9 Å². The van der Waals surface area contributed by atoms with Gasteiger partial charge in [-0.05, 0) is 17.7 Å². The fraction of sp³-hybridized carbons (Fsp3) is 0.600. The minimum Gasteiger partial charge on any atom is -0.491 e. The molecule has 0 radical (unpaired) electrons. The van der Waals surface area contributed by atoms with Gasteiger partial charge in [0, 0.05) is 19.7 Å². The molecule has 0 saturated carbocycles. The zero-order valence-electron chi connectivity index (χ0n) is 12.4. The first kappa shape index (κ1) is 16.9. The van der Waals surface area contributed by atoms with Crippen molar-refractivity contribution in [1.82, 2.24) is 5.32 Å². The molecule has 0 fully saturated rings. The van der Waals surface area contributed by atoms with Crippen LogP contribution in [0.15, 0.2) is 24.3 Å². The molecule has 20 heavy (non-hydrogen) atoms. The molecule has 5 heteroatoms. The fourth-order valence-electron chi connectivity index (χ4n) is 1.66. The molecule has 0 heterocycles. The highest BCUT2D eigenvalue weighted by Crippen LogP contribution is 2.18. The number of nitrogens with one attached hydrogen (secondary N) is 1. The van der Waals surface area contributed by atoms with Crippen LogP contribution in [0, 0.1) is 0 Å². The Bertz CT molecular complexity index is 367. The van der Waals surface area contributed by atoms with Crippen molar-refractivity contribution in [3.05, 3.63) is 29.8 Å². The summed E-state index contributed by atoms with van der Waals surface area (Å²) >= 11 is 0. The second kappa shape index (κ2) is 8.92. The second-order valence-electron chi connectivity index (χ2n) is 5.07. The quantitative estimate of drug-likeness (QED) is 0.633. The molecule has 1 unspecified atom stereocenters. The second-order valence-corrected chi connectivity index (χ2v) is 5.07. The zero-order valence-corrected chi connectivity index (χ0v) is 12.4. The first-order chi connectivity index (χ1) is 9.52. The van der Waals surface area contributed by atoms with Gasteiger partial charge in [0.05, 0.1) is 6.61 Å². The van der Waals surface area contributed by atoms with Crippen LogP contribution >= 0.6 is 0 Å². The third-order valence-electron chi connectivity index (χ3n) is 2.79. The van der Waals surface area contributed by atoms with Gasteiger partial charge < -0.3 is 25.0 Å². The normalized spacial score (nSPS) is 14.3. The monoisotopic (exact) mass is 283 g/mol. The molecule has 0 aliphatic heterocycles. The van der Waals surface area contributed by atoms with E-state index < -0.39 is 12.2 Å². The van der Waals surface area contributed by atoms with Crippen LogP contribution in [0.25, 0.3) is 0 Å². The summed E-state index contributed by atoms with van der Waals surface area (Å²) in [5, 5.41) is 22.6. The van der Waals surface area contributed by atoms with Gasteiger partial charge in [0.25, 0.3) is 0 Å². The average Bonchev–Trinajstić information content (AvgIpc) is 2.43. The molecule has 1 aromatic rings. The fourth-order valence-corrected chi connectivity index (χ4v) is 1.66. The third kappa shape index (κ3) is 6.34. The average molecular weight is 283 g/mol. The van der Waals surface area contributed by atoms with E-state index >= 15 is 0 Å². The SMILES string of the molecule is COCC(O)c1ccc(OC[C@@H](O)CNC(C)C)cc1. The van der Waals surface area contributed by atoms with Crippen molar-refractivity contribution < 1.29 is 19.7 Å². The predicted octanol–water partition coefficient (Wildman–Crippen LogP) is 1.10. The van der Waals surface area contributed by atoms with Crippen LogP contribution in [0.5, 0.6) is 5.75 Å². The molecule has 3 N–H and O–H groups in total. The van der Waals surface area contributed by atoms with E-state index in [4.69, 9.17) is 9.47 Å². The summed E-state index contributed by atoms with van der Waals surface area (Å²) in [6.45, 7) is 5.05. The molecule has 114 valence electrons. The number of methoxy groups -OCH3 is 1. The lowest BCUT2D eigenvalue weighted by atomic mass is 10.1. The van der Waals surface area contributed by atoms with E-state index in [9.17, 15) is 10.2 Å². The Kier molecular flexibility index (Phi) is 7.54. The molecule has 0 aliphatic rings. The lowest BCUT2D eigenvalue weighted by Gasteiger charge is -2.15. The lowest BCUT2D eigenvalue weighted by Crippen LogP contribution is -2.35. The van der Waals surface area contributed by atoms with Crippen molar-refractivity contribution in [1.29, 1.82) is 0 Å². The number of aliphatic hydroxyl groups excluding tert-OH is 2. The molecule has 1 aromatic carbocycles. The topological polar surface area (TPSA) is 71.0 Å². The van der Waals surface area contributed by atoms with Crippen LogP contribution in [0.3, 0.4) is 0 Å². The first-order valence-electron chi connectivity index (χ1n) is 6.84. The van der Waals surface area contributed by atoms with Gasteiger partial charge >= 0.3 is 0 Å². The smallest absolute Gasteiger partial charge is 0.119 e. The van der Waals surface area contributed by atoms with E-state index in [1.807, 2.05) is 13.8 Å². The summed E-state index contributed by atoms with van der Waals surface area (Å²) in [7, 11) is 1.55. The van der Waals surface area contributed by atoms with E-state index in [1.54, 1.807) is 31.4 Å². The number of hydrogen-bond donors (Lipinski definition) is 3. The van der Waals surface area contributed by atoms with Crippen molar-refractivity contribution in [2.24, 2.45) is 0 Å². The number of rotatable bonds is 9. The summed E-state index contributed by atoms with van der Waals surface area (Å²) in [5.41, 5.74) is 0.779. The number of benzene rings is 1. The molecular formula is C15H25NO4. The van der Waals surface area contributed by atoms with Gasteiger partial charge in [-0.25, -0.2) is 0 Å². The highest BCUT2D eigenvalue weighted by molar-refractivity contribution is 5.28. The Hall–Kier alpha value is -1.14. The van der Waals surface area contributed by atoms with Gasteiger partial charge in [0.15, 0.2) is 0 Å². The third-order valence-corrected chi connectivity index (χ3v) is 2.79. The molecule has 1 rings (SSSR count). The predicted molar refractivity (Wildman–Crippen MR) is 77.9 cm³/mol. The van der Waals surface area contributed by atoms with Crippen LogP contribution in [-0.2, 0) is 4.74 Å². The van der Waals surface area contributed by atoms with E-state index in [0.29, 0.717) is 18.3 Å². The standard InChI is InChI=1S/C15H25NO4/c1-11(2)16-8-13(17)9-20-14-6-4-12(5-7-14)15(18)10-19-3/h4-7,11,13,15-18H,8-10H2,1-3H3/t13-,15?/m0/s1. The number of ether oxygens (including phenoxy) is 2. The summed E-state index contributed by atoms with van der Waals surface area (Å²) in [6.07, 6.45) is -1.17. The van der Waals surface area contributed by atoms with Gasteiger partial charge in [0.1, 0.15) is 24.6 Å². The molecule has 0 aromatic heterocycles. The van der Waals surface area contributed by atoms with Gasteiger partial charge in [-0.15, -0.1) is 0 Å². The van der Waals surface area contributed by atoms with E-state index in [-0.39, 0.29) is 13.2 Å². The summed E-state index contributed by atoms with van der Waals surface area (Å²) in [4.78, 5) is 0. The highest BCUT2D eigenvalue weighted by atomic mass is 16.5. The first-order valence-corrected chi connectivity index (χ1v) is 6.84. The highest BCUT2D eigenvalue weighted by Gasteiger charge is 2.08. The summed E-state index contributed by atoms with van der Waals surface area (Å²) < 4.78 is 10.4. The van der Waals surface area contributed by atoms with E-state index in [2.05, 4.69) is 5.32 Å². The Labute approximate surface area is 120 Å². The number of hydrogen-bond acceptors (Lipinski definition) is 5. The Morgan fingerprint density at radius 1 is 1.10 bits per heavy atom. The Morgan fingerprint density at radius 3 is 2.30 bits per heavy atom. The molecule has 0 aliphatic carbocycles. The van der Waals surface area contributed by atoms with E-state index in [1.165, 1.54) is 0 Å². The number of aliphatic hydroxyl groups is 2. The molecule has 0 saturated heterocycles. The molecule has 0 spiro atoms. The van der Waals surface area contributed by atoms with E-state index in [0.717, 1.165) is 5.56 Å². The van der Waals surface area contributed by atoms with Crippen molar-refractivity contribution in [3.63, 3.8) is 0 Å². The minimum atomic E-state index is -0.630. The van der Waals surface area contributed by atoms with Crippen LogP contribution in [0.4, 0.5) is 0 Å².